The van der Waals surface area contributed by atoms with E-state index in [1.54, 1.807) is 48.7 Å². The van der Waals surface area contributed by atoms with E-state index in [9.17, 15) is 14.0 Å². The zero-order chi connectivity index (χ0) is 29.2. The molecule has 2 atom stereocenters. The highest BCUT2D eigenvalue weighted by molar-refractivity contribution is 6.31. The number of hydrogen-bond acceptors (Lipinski definition) is 7. The number of oxime groups is 1. The minimum Gasteiger partial charge on any atom is -0.382 e. The number of rotatable bonds is 6. The summed E-state index contributed by atoms with van der Waals surface area (Å²) in [6, 6.07) is 13.1. The van der Waals surface area contributed by atoms with Gasteiger partial charge in [0.05, 0.1) is 28.7 Å². The second-order valence-corrected chi connectivity index (χ2v) is 11.0. The van der Waals surface area contributed by atoms with E-state index in [4.69, 9.17) is 21.2 Å². The maximum Gasteiger partial charge on any atom is 0.267 e. The van der Waals surface area contributed by atoms with Crippen molar-refractivity contribution in [3.63, 3.8) is 0 Å². The molecule has 11 heteroatoms. The maximum atomic E-state index is 14.7. The number of pyridine rings is 1. The minimum atomic E-state index is -0.995. The molecule has 3 aromatic rings. The molecule has 1 N–H and O–H groups in total. The number of anilines is 2. The molecule has 2 amide bonds. The highest BCUT2D eigenvalue weighted by Gasteiger charge is 2.42. The van der Waals surface area contributed by atoms with Gasteiger partial charge in [0.15, 0.2) is 5.82 Å². The molecule has 1 saturated heterocycles. The number of carbonyl (C=O) groups is 2. The van der Waals surface area contributed by atoms with Crippen LogP contribution >= 0.6 is 11.6 Å². The summed E-state index contributed by atoms with van der Waals surface area (Å²) in [5.41, 5.74) is 3.90. The van der Waals surface area contributed by atoms with E-state index in [1.807, 2.05) is 12.1 Å². The molecule has 0 spiro atoms. The average molecular weight is 592 g/mol. The van der Waals surface area contributed by atoms with E-state index < -0.39 is 18.0 Å². The van der Waals surface area contributed by atoms with E-state index in [0.717, 1.165) is 42.7 Å². The monoisotopic (exact) mass is 591 g/mol. The molecular formula is C31H31ClFN5O4. The van der Waals surface area contributed by atoms with Crippen molar-refractivity contribution < 1.29 is 23.6 Å². The summed E-state index contributed by atoms with van der Waals surface area (Å²) in [5, 5.41) is 6.91. The van der Waals surface area contributed by atoms with Crippen molar-refractivity contribution in [1.29, 1.82) is 0 Å². The smallest absolute Gasteiger partial charge is 0.267 e. The van der Waals surface area contributed by atoms with Crippen LogP contribution in [0.3, 0.4) is 0 Å². The zero-order valence-corrected chi connectivity index (χ0v) is 23.9. The number of hydrogen-bond donors (Lipinski definition) is 1. The number of fused-ring (bicyclic) bond motifs is 1. The minimum absolute atomic E-state index is 0.0352. The zero-order valence-electron chi connectivity index (χ0n) is 23.1. The largest absolute Gasteiger partial charge is 0.382 e. The van der Waals surface area contributed by atoms with Crippen molar-refractivity contribution in [3.8, 4) is 0 Å². The van der Waals surface area contributed by atoms with Crippen molar-refractivity contribution >= 4 is 40.5 Å². The summed E-state index contributed by atoms with van der Waals surface area (Å²) < 4.78 is 20.2. The van der Waals surface area contributed by atoms with Crippen LogP contribution in [0.15, 0.2) is 66.1 Å². The van der Waals surface area contributed by atoms with Crippen molar-refractivity contribution in [2.24, 2.45) is 5.16 Å². The molecule has 42 heavy (non-hydrogen) atoms. The van der Waals surface area contributed by atoms with E-state index >= 15 is 0 Å². The second kappa shape index (κ2) is 12.1. The number of methoxy groups -OCH3 is 1. The first-order chi connectivity index (χ1) is 20.4. The summed E-state index contributed by atoms with van der Waals surface area (Å²) in [6.45, 7) is 2.00. The molecular weight excluding hydrogens is 561 g/mol. The Morgan fingerprint density at radius 3 is 2.67 bits per heavy atom. The predicted octanol–water partition coefficient (Wildman–Crippen LogP) is 4.75. The van der Waals surface area contributed by atoms with Gasteiger partial charge < -0.3 is 24.7 Å². The standard InChI is InChI=1S/C31H31ClFN5O4/c1-41-20-10-14-37(15-11-20)26-9-3-6-22-21(26)12-16-38(29(22)30(39)35-19-5-4-13-34-18-19)31(40)27-17-25(36-42-27)23-7-2-8-24(32)28(23)33/h2-9,13,18,20,27,29H,10-12,14-17H2,1H3,(H,35,39)/t27-,29+/m1/s1. The Kier molecular flexibility index (Phi) is 8.08. The van der Waals surface area contributed by atoms with Crippen LogP contribution in [0.5, 0.6) is 0 Å². The van der Waals surface area contributed by atoms with Gasteiger partial charge in [0.2, 0.25) is 6.10 Å². The summed E-state index contributed by atoms with van der Waals surface area (Å²) in [5.74, 6) is -1.36. The first kappa shape index (κ1) is 28.1. The summed E-state index contributed by atoms with van der Waals surface area (Å²) >= 11 is 5.96. The first-order valence-corrected chi connectivity index (χ1v) is 14.4. The summed E-state index contributed by atoms with van der Waals surface area (Å²) in [6.07, 6.45) is 4.90. The number of amides is 2. The van der Waals surface area contributed by atoms with Crippen molar-refractivity contribution in [2.75, 3.05) is 37.0 Å². The predicted molar refractivity (Wildman–Crippen MR) is 157 cm³/mol. The molecule has 3 aliphatic heterocycles. The van der Waals surface area contributed by atoms with Gasteiger partial charge in [0.1, 0.15) is 6.04 Å². The number of halogens is 2. The van der Waals surface area contributed by atoms with Crippen LogP contribution in [0.4, 0.5) is 15.8 Å². The molecule has 218 valence electrons. The van der Waals surface area contributed by atoms with Crippen LogP contribution in [0.1, 0.15) is 42.0 Å². The topological polar surface area (TPSA) is 96.4 Å². The van der Waals surface area contributed by atoms with Crippen LogP contribution in [0.2, 0.25) is 5.02 Å². The number of nitrogens with zero attached hydrogens (tertiary/aromatic N) is 4. The molecule has 0 radical (unpaired) electrons. The van der Waals surface area contributed by atoms with Gasteiger partial charge in [0.25, 0.3) is 11.8 Å². The number of ether oxygens (including phenoxy) is 1. The van der Waals surface area contributed by atoms with Crippen LogP contribution in [0, 0.1) is 5.82 Å². The van der Waals surface area contributed by atoms with Crippen molar-refractivity contribution in [2.45, 2.75) is 43.9 Å². The summed E-state index contributed by atoms with van der Waals surface area (Å²) in [4.78, 5) is 41.4. The van der Waals surface area contributed by atoms with E-state index in [-0.39, 0.29) is 34.9 Å². The molecule has 0 bridgehead atoms. The third kappa shape index (κ3) is 5.44. The SMILES string of the molecule is COC1CCN(c2cccc3c2CCN(C(=O)[C@H]2CC(c4cccc(Cl)c4F)=NO2)[C@@H]3C(=O)Nc2cccnc2)CC1. The number of aromatic nitrogens is 1. The van der Waals surface area contributed by atoms with Gasteiger partial charge in [-0.3, -0.25) is 14.6 Å². The second-order valence-electron chi connectivity index (χ2n) is 10.6. The lowest BCUT2D eigenvalue weighted by Gasteiger charge is -2.40. The lowest BCUT2D eigenvalue weighted by Crippen LogP contribution is -2.49. The number of benzene rings is 2. The summed E-state index contributed by atoms with van der Waals surface area (Å²) in [7, 11) is 1.75. The van der Waals surface area contributed by atoms with Crippen molar-refractivity contribution in [3.05, 3.63) is 88.5 Å². The molecule has 0 unspecified atom stereocenters. The van der Waals surface area contributed by atoms with E-state index in [2.05, 4.69) is 26.4 Å². The Bertz CT molecular complexity index is 1510. The Morgan fingerprint density at radius 2 is 1.90 bits per heavy atom. The van der Waals surface area contributed by atoms with Gasteiger partial charge in [-0.2, -0.15) is 0 Å². The van der Waals surface area contributed by atoms with Crippen LogP contribution in [-0.4, -0.2) is 66.4 Å². The molecule has 4 heterocycles. The van der Waals surface area contributed by atoms with Gasteiger partial charge in [-0.05, 0) is 60.7 Å². The molecule has 3 aliphatic rings. The molecule has 2 aromatic carbocycles. The quantitative estimate of drug-likeness (QED) is 0.445. The Labute approximate surface area is 248 Å². The van der Waals surface area contributed by atoms with Gasteiger partial charge in [0, 0.05) is 50.6 Å². The number of carbonyl (C=O) groups excluding carboxylic acids is 2. The van der Waals surface area contributed by atoms with Gasteiger partial charge in [-0.25, -0.2) is 4.39 Å². The third-order valence-electron chi connectivity index (χ3n) is 8.18. The van der Waals surface area contributed by atoms with Gasteiger partial charge in [-0.15, -0.1) is 0 Å². The van der Waals surface area contributed by atoms with Gasteiger partial charge >= 0.3 is 0 Å². The maximum absolute atomic E-state index is 14.7. The highest BCUT2D eigenvalue weighted by atomic mass is 35.5. The molecule has 9 nitrogen and oxygen atoms in total. The van der Waals surface area contributed by atoms with E-state index in [1.165, 1.54) is 6.07 Å². The normalized spacial score (nSPS) is 20.5. The van der Waals surface area contributed by atoms with Gasteiger partial charge in [-0.1, -0.05) is 35.0 Å². The molecule has 1 fully saturated rings. The number of piperidine rings is 1. The Morgan fingerprint density at radius 1 is 1.10 bits per heavy atom. The fourth-order valence-electron chi connectivity index (χ4n) is 6.03. The Balaban J connectivity index is 1.29. The highest BCUT2D eigenvalue weighted by Crippen LogP contribution is 2.38. The lowest BCUT2D eigenvalue weighted by molar-refractivity contribution is -0.148. The van der Waals surface area contributed by atoms with Crippen LogP contribution in [-0.2, 0) is 25.6 Å². The molecule has 0 saturated carbocycles. The van der Waals surface area contributed by atoms with Crippen LogP contribution in [0.25, 0.3) is 0 Å². The first-order valence-electron chi connectivity index (χ1n) is 14.0. The molecule has 1 aromatic heterocycles. The van der Waals surface area contributed by atoms with Crippen molar-refractivity contribution in [1.82, 2.24) is 9.88 Å². The van der Waals surface area contributed by atoms with Crippen LogP contribution < -0.4 is 10.2 Å². The average Bonchev–Trinajstić information content (AvgIpc) is 3.52. The molecule has 0 aliphatic carbocycles. The molecule has 6 rings (SSSR count). The third-order valence-corrected chi connectivity index (χ3v) is 8.47. The lowest BCUT2D eigenvalue weighted by atomic mass is 9.89. The fraction of sp³-hybridized carbons (Fsp3) is 0.355. The number of nitrogens with one attached hydrogen (secondary N) is 1. The van der Waals surface area contributed by atoms with E-state index in [0.29, 0.717) is 24.4 Å². The Hall–Kier alpha value is -4.02. The fourth-order valence-corrected chi connectivity index (χ4v) is 6.20.